The summed E-state index contributed by atoms with van der Waals surface area (Å²) in [6.45, 7) is 2.11. The SMILES string of the molecule is Cc1cccc2c1C(n1nc(-c3cc(O)cc(F)c3)c3c(N)ncnc31)CCC2. The van der Waals surface area contributed by atoms with Gasteiger partial charge in [0.1, 0.15) is 29.4 Å². The third-order valence-electron chi connectivity index (χ3n) is 5.64. The normalized spacial score (nSPS) is 16.1. The van der Waals surface area contributed by atoms with Gasteiger partial charge in [-0.15, -0.1) is 0 Å². The van der Waals surface area contributed by atoms with Crippen molar-refractivity contribution in [1.29, 1.82) is 0 Å². The Kier molecular flexibility index (Phi) is 3.97. The van der Waals surface area contributed by atoms with E-state index in [1.54, 1.807) is 0 Å². The molecule has 1 aliphatic carbocycles. The van der Waals surface area contributed by atoms with E-state index in [0.717, 1.165) is 25.3 Å². The standard InChI is InChI=1S/C22H20FN5O/c1-12-4-2-5-13-6-3-7-17(18(12)13)28-22-19(21(24)25-11-26-22)20(27-28)14-8-15(23)10-16(29)9-14/h2,4-5,8-11,17,29H,3,6-7H2,1H3,(H2,24,25,26). The number of aromatic nitrogens is 4. The maximum absolute atomic E-state index is 14.0. The number of aryl methyl sites for hydroxylation is 2. The summed E-state index contributed by atoms with van der Waals surface area (Å²) < 4.78 is 15.9. The number of aromatic hydroxyl groups is 1. The number of nitrogen functional groups attached to an aromatic ring is 1. The molecule has 0 saturated heterocycles. The lowest BCUT2D eigenvalue weighted by molar-refractivity contribution is 0.458. The van der Waals surface area contributed by atoms with E-state index >= 15 is 0 Å². The summed E-state index contributed by atoms with van der Waals surface area (Å²) in [5.74, 6) is -0.435. The highest BCUT2D eigenvalue weighted by molar-refractivity contribution is 5.98. The monoisotopic (exact) mass is 389 g/mol. The van der Waals surface area contributed by atoms with Crippen LogP contribution in [0.5, 0.6) is 5.75 Å². The summed E-state index contributed by atoms with van der Waals surface area (Å²) in [4.78, 5) is 8.58. The number of phenols is 1. The Morgan fingerprint density at radius 1 is 1.21 bits per heavy atom. The molecule has 1 unspecified atom stereocenters. The van der Waals surface area contributed by atoms with E-state index in [2.05, 4.69) is 35.1 Å². The minimum absolute atomic E-state index is 0.00709. The topological polar surface area (TPSA) is 89.8 Å². The molecule has 5 rings (SSSR count). The number of nitrogens with two attached hydrogens (primary N) is 1. The Hall–Kier alpha value is -3.48. The summed E-state index contributed by atoms with van der Waals surface area (Å²) in [5.41, 5.74) is 11.5. The average molecular weight is 389 g/mol. The smallest absolute Gasteiger partial charge is 0.164 e. The van der Waals surface area contributed by atoms with E-state index in [-0.39, 0.29) is 17.6 Å². The number of hydrogen-bond acceptors (Lipinski definition) is 5. The predicted octanol–water partition coefficient (Wildman–Crippen LogP) is 4.15. The maximum atomic E-state index is 14.0. The van der Waals surface area contributed by atoms with Gasteiger partial charge < -0.3 is 10.8 Å². The van der Waals surface area contributed by atoms with Gasteiger partial charge in [-0.25, -0.2) is 19.0 Å². The van der Waals surface area contributed by atoms with Crippen molar-refractivity contribution in [2.75, 3.05) is 5.73 Å². The van der Waals surface area contributed by atoms with Crippen LogP contribution in [-0.4, -0.2) is 24.9 Å². The first kappa shape index (κ1) is 17.6. The second-order valence-corrected chi connectivity index (χ2v) is 7.50. The van der Waals surface area contributed by atoms with E-state index in [1.165, 1.54) is 35.2 Å². The number of benzene rings is 2. The zero-order valence-electron chi connectivity index (χ0n) is 15.9. The van der Waals surface area contributed by atoms with Crippen molar-refractivity contribution in [3.63, 3.8) is 0 Å². The lowest BCUT2D eigenvalue weighted by Gasteiger charge is -2.27. The summed E-state index contributed by atoms with van der Waals surface area (Å²) >= 11 is 0. The minimum Gasteiger partial charge on any atom is -0.508 e. The first-order chi connectivity index (χ1) is 14.0. The van der Waals surface area contributed by atoms with Gasteiger partial charge in [0, 0.05) is 11.6 Å². The van der Waals surface area contributed by atoms with E-state index < -0.39 is 5.82 Å². The largest absolute Gasteiger partial charge is 0.508 e. The minimum atomic E-state index is -0.544. The van der Waals surface area contributed by atoms with Crippen LogP contribution in [0.15, 0.2) is 42.7 Å². The number of halogens is 1. The Balaban J connectivity index is 1.79. The van der Waals surface area contributed by atoms with E-state index in [9.17, 15) is 9.50 Å². The number of rotatable bonds is 2. The van der Waals surface area contributed by atoms with Crippen LogP contribution in [-0.2, 0) is 6.42 Å². The van der Waals surface area contributed by atoms with E-state index in [1.807, 2.05) is 4.68 Å². The predicted molar refractivity (Wildman–Crippen MR) is 109 cm³/mol. The molecule has 0 saturated carbocycles. The molecule has 0 radical (unpaired) electrons. The van der Waals surface area contributed by atoms with Crippen molar-refractivity contribution >= 4 is 16.9 Å². The first-order valence-electron chi connectivity index (χ1n) is 9.60. The molecule has 2 aromatic carbocycles. The molecule has 0 aliphatic heterocycles. The van der Waals surface area contributed by atoms with Gasteiger partial charge in [0.2, 0.25) is 0 Å². The van der Waals surface area contributed by atoms with Gasteiger partial charge in [0.05, 0.1) is 11.4 Å². The highest BCUT2D eigenvalue weighted by Gasteiger charge is 2.28. The van der Waals surface area contributed by atoms with Crippen LogP contribution in [0.1, 0.15) is 35.6 Å². The average Bonchev–Trinajstić information content (AvgIpc) is 3.08. The Labute approximate surface area is 166 Å². The molecule has 3 N–H and O–H groups in total. The quantitative estimate of drug-likeness (QED) is 0.537. The Morgan fingerprint density at radius 3 is 2.90 bits per heavy atom. The molecule has 1 atom stereocenters. The van der Waals surface area contributed by atoms with Crippen molar-refractivity contribution in [3.05, 3.63) is 65.2 Å². The molecule has 0 spiro atoms. The summed E-state index contributed by atoms with van der Waals surface area (Å²) in [7, 11) is 0. The fraction of sp³-hybridized carbons (Fsp3) is 0.227. The summed E-state index contributed by atoms with van der Waals surface area (Å²) in [6, 6.07) is 10.2. The number of fused-ring (bicyclic) bond motifs is 2. The molecular formula is C22H20FN5O. The molecule has 0 bridgehead atoms. The fourth-order valence-corrected chi connectivity index (χ4v) is 4.44. The first-order valence-corrected chi connectivity index (χ1v) is 9.60. The van der Waals surface area contributed by atoms with E-state index in [4.69, 9.17) is 10.8 Å². The third kappa shape index (κ3) is 2.81. The van der Waals surface area contributed by atoms with Crippen molar-refractivity contribution in [3.8, 4) is 17.0 Å². The molecule has 1 aliphatic rings. The highest BCUT2D eigenvalue weighted by atomic mass is 19.1. The van der Waals surface area contributed by atoms with Gasteiger partial charge in [0.15, 0.2) is 5.65 Å². The molecule has 7 heteroatoms. The molecular weight excluding hydrogens is 369 g/mol. The molecule has 0 fully saturated rings. The lowest BCUT2D eigenvalue weighted by Crippen LogP contribution is -2.20. The molecule has 146 valence electrons. The van der Waals surface area contributed by atoms with Crippen LogP contribution in [0.2, 0.25) is 0 Å². The van der Waals surface area contributed by atoms with Crippen LogP contribution in [0, 0.1) is 12.7 Å². The van der Waals surface area contributed by atoms with Crippen LogP contribution in [0.3, 0.4) is 0 Å². The molecule has 4 aromatic rings. The number of phenolic OH excluding ortho intramolecular Hbond substituents is 1. The number of nitrogens with zero attached hydrogens (tertiary/aromatic N) is 4. The van der Waals surface area contributed by atoms with Gasteiger partial charge in [-0.05, 0) is 55.0 Å². The fourth-order valence-electron chi connectivity index (χ4n) is 4.44. The Morgan fingerprint density at radius 2 is 2.07 bits per heavy atom. The van der Waals surface area contributed by atoms with E-state index in [0.29, 0.717) is 22.3 Å². The molecule has 0 amide bonds. The van der Waals surface area contributed by atoms with Gasteiger partial charge in [-0.3, -0.25) is 0 Å². The molecule has 6 nitrogen and oxygen atoms in total. The van der Waals surface area contributed by atoms with Gasteiger partial charge >= 0.3 is 0 Å². The van der Waals surface area contributed by atoms with Crippen LogP contribution < -0.4 is 5.73 Å². The highest BCUT2D eigenvalue weighted by Crippen LogP contribution is 2.39. The molecule has 2 heterocycles. The second-order valence-electron chi connectivity index (χ2n) is 7.50. The maximum Gasteiger partial charge on any atom is 0.164 e. The van der Waals surface area contributed by atoms with Gasteiger partial charge in [-0.1, -0.05) is 18.2 Å². The molecule has 29 heavy (non-hydrogen) atoms. The lowest BCUT2D eigenvalue weighted by atomic mass is 9.85. The zero-order valence-corrected chi connectivity index (χ0v) is 15.9. The van der Waals surface area contributed by atoms with Crippen molar-refractivity contribution in [2.45, 2.75) is 32.2 Å². The van der Waals surface area contributed by atoms with Crippen LogP contribution in [0.25, 0.3) is 22.3 Å². The van der Waals surface area contributed by atoms with Gasteiger partial charge in [0.25, 0.3) is 0 Å². The molecule has 2 aromatic heterocycles. The summed E-state index contributed by atoms with van der Waals surface area (Å²) in [5, 5.41) is 15.3. The third-order valence-corrected chi connectivity index (χ3v) is 5.64. The summed E-state index contributed by atoms with van der Waals surface area (Å²) in [6.07, 6.45) is 4.42. The zero-order chi connectivity index (χ0) is 20.1. The van der Waals surface area contributed by atoms with Crippen LogP contribution in [0.4, 0.5) is 10.2 Å². The number of anilines is 1. The van der Waals surface area contributed by atoms with Gasteiger partial charge in [-0.2, -0.15) is 5.10 Å². The van der Waals surface area contributed by atoms with Crippen molar-refractivity contribution < 1.29 is 9.50 Å². The van der Waals surface area contributed by atoms with Crippen molar-refractivity contribution in [2.24, 2.45) is 0 Å². The van der Waals surface area contributed by atoms with Crippen LogP contribution >= 0.6 is 0 Å². The number of hydrogen-bond donors (Lipinski definition) is 2. The van der Waals surface area contributed by atoms with Crippen molar-refractivity contribution in [1.82, 2.24) is 19.7 Å². The second kappa shape index (κ2) is 6.55. The Bertz CT molecular complexity index is 1230.